The summed E-state index contributed by atoms with van der Waals surface area (Å²) in [7, 11) is 0. The predicted molar refractivity (Wildman–Crippen MR) is 116 cm³/mol. The van der Waals surface area contributed by atoms with Gasteiger partial charge in [0.05, 0.1) is 18.6 Å². The summed E-state index contributed by atoms with van der Waals surface area (Å²) < 4.78 is 30.0. The molecule has 6 heteroatoms. The average Bonchev–Trinajstić information content (AvgIpc) is 3.29. The van der Waals surface area contributed by atoms with E-state index >= 15 is 0 Å². The molecule has 1 saturated carbocycles. The van der Waals surface area contributed by atoms with Gasteiger partial charge < -0.3 is 23.7 Å². The largest absolute Gasteiger partial charge is 0.462 e. The normalized spacial score (nSPS) is 37.1. The first-order chi connectivity index (χ1) is 15.2. The Balaban J connectivity index is 1.41. The Morgan fingerprint density at radius 2 is 1.84 bits per heavy atom. The molecule has 31 heavy (non-hydrogen) atoms. The lowest BCUT2D eigenvalue weighted by Crippen LogP contribution is -2.31. The third-order valence-electron chi connectivity index (χ3n) is 7.12. The van der Waals surface area contributed by atoms with Crippen LogP contribution < -0.4 is 0 Å². The molecule has 4 fully saturated rings. The van der Waals surface area contributed by atoms with Gasteiger partial charge in [0.25, 0.3) is 0 Å². The fraction of sp³-hybridized carbons (Fsp3) is 0.880. The Labute approximate surface area is 187 Å². The molecule has 7 atom stereocenters. The van der Waals surface area contributed by atoms with Crippen LogP contribution in [0.4, 0.5) is 0 Å². The van der Waals surface area contributed by atoms with E-state index in [-0.39, 0.29) is 48.7 Å². The molecule has 3 aliphatic heterocycles. The molecule has 0 amide bonds. The Kier molecular flexibility index (Phi) is 8.82. The number of fused-ring (bicyclic) bond motifs is 1. The quantitative estimate of drug-likeness (QED) is 0.276. The van der Waals surface area contributed by atoms with Crippen LogP contribution in [0.1, 0.15) is 84.0 Å². The molecule has 3 unspecified atom stereocenters. The smallest absolute Gasteiger partial charge is 0.306 e. The molecule has 1 aliphatic carbocycles. The second kappa shape index (κ2) is 11.8. The number of rotatable bonds is 10. The van der Waals surface area contributed by atoms with Crippen LogP contribution in [0.5, 0.6) is 0 Å². The van der Waals surface area contributed by atoms with E-state index in [9.17, 15) is 4.79 Å². The van der Waals surface area contributed by atoms with Gasteiger partial charge in [-0.15, -0.1) is 0 Å². The van der Waals surface area contributed by atoms with Gasteiger partial charge >= 0.3 is 5.97 Å². The van der Waals surface area contributed by atoms with Gasteiger partial charge in [0.1, 0.15) is 6.10 Å². The van der Waals surface area contributed by atoms with Gasteiger partial charge in [-0.1, -0.05) is 38.3 Å². The highest BCUT2D eigenvalue weighted by molar-refractivity contribution is 5.72. The molecule has 0 N–H and O–H groups in total. The van der Waals surface area contributed by atoms with Crippen LogP contribution in [0.25, 0.3) is 0 Å². The minimum Gasteiger partial charge on any atom is -0.462 e. The van der Waals surface area contributed by atoms with Crippen molar-refractivity contribution in [2.24, 2.45) is 11.8 Å². The maximum atomic E-state index is 11.9. The molecule has 4 rings (SSSR count). The van der Waals surface area contributed by atoms with Crippen molar-refractivity contribution in [3.05, 3.63) is 12.2 Å². The summed E-state index contributed by atoms with van der Waals surface area (Å²) in [4.78, 5) is 11.9. The number of carbonyl (C=O) groups is 1. The maximum absolute atomic E-state index is 11.9. The van der Waals surface area contributed by atoms with E-state index < -0.39 is 0 Å². The first-order valence-corrected chi connectivity index (χ1v) is 12.6. The zero-order valence-corrected chi connectivity index (χ0v) is 19.0. The number of ether oxygens (including phenoxy) is 5. The van der Waals surface area contributed by atoms with Crippen molar-refractivity contribution in [1.29, 1.82) is 0 Å². The fourth-order valence-corrected chi connectivity index (χ4v) is 5.39. The summed E-state index contributed by atoms with van der Waals surface area (Å²) in [5.74, 6) is 0.276. The highest BCUT2D eigenvalue weighted by Crippen LogP contribution is 2.44. The zero-order chi connectivity index (χ0) is 21.5. The first-order valence-electron chi connectivity index (χ1n) is 12.6. The van der Waals surface area contributed by atoms with Crippen LogP contribution in [0, 0.1) is 11.8 Å². The molecule has 0 spiro atoms. The molecule has 3 heterocycles. The molecule has 0 radical (unpaired) electrons. The molecule has 6 nitrogen and oxygen atoms in total. The number of unbranched alkanes of at least 4 members (excludes halogenated alkanes) is 2. The van der Waals surface area contributed by atoms with Crippen LogP contribution in [0.3, 0.4) is 0 Å². The first kappa shape index (κ1) is 23.2. The third-order valence-corrected chi connectivity index (χ3v) is 7.12. The van der Waals surface area contributed by atoms with E-state index in [0.717, 1.165) is 64.6 Å². The van der Waals surface area contributed by atoms with Crippen molar-refractivity contribution in [3.63, 3.8) is 0 Å². The zero-order valence-electron chi connectivity index (χ0n) is 19.0. The van der Waals surface area contributed by atoms with Crippen molar-refractivity contribution in [3.8, 4) is 0 Å². The van der Waals surface area contributed by atoms with E-state index in [4.69, 9.17) is 23.7 Å². The molecule has 3 saturated heterocycles. The molecule has 4 aliphatic rings. The van der Waals surface area contributed by atoms with E-state index in [1.807, 2.05) is 0 Å². The van der Waals surface area contributed by atoms with Gasteiger partial charge in [-0.05, 0) is 44.9 Å². The van der Waals surface area contributed by atoms with Gasteiger partial charge in [-0.3, -0.25) is 4.79 Å². The van der Waals surface area contributed by atoms with Crippen molar-refractivity contribution in [2.75, 3.05) is 13.2 Å². The third kappa shape index (κ3) is 6.53. The number of esters is 1. The summed E-state index contributed by atoms with van der Waals surface area (Å²) in [5, 5.41) is 0. The van der Waals surface area contributed by atoms with Gasteiger partial charge in [0.2, 0.25) is 0 Å². The molecular weight excluding hydrogens is 396 g/mol. The Bertz CT molecular complexity index is 581. The van der Waals surface area contributed by atoms with Crippen LogP contribution in [0.15, 0.2) is 12.2 Å². The molecule has 0 aromatic heterocycles. The minimum absolute atomic E-state index is 0.0307. The monoisotopic (exact) mass is 436 g/mol. The summed E-state index contributed by atoms with van der Waals surface area (Å²) in [6.45, 7) is 3.79. The highest BCUT2D eigenvalue weighted by Gasteiger charge is 2.50. The predicted octanol–water partition coefficient (Wildman–Crippen LogP) is 4.90. The second-order valence-corrected chi connectivity index (χ2v) is 9.53. The fourth-order valence-electron chi connectivity index (χ4n) is 5.39. The van der Waals surface area contributed by atoms with Gasteiger partial charge in [0.15, 0.2) is 12.6 Å². The Morgan fingerprint density at radius 1 is 1.06 bits per heavy atom. The van der Waals surface area contributed by atoms with Crippen molar-refractivity contribution < 1.29 is 28.5 Å². The SMILES string of the molecule is CCCCCC(C=C[C@@H]1[C@H]2CC(=O)O[C@H]2C[C@H]1OC1CCCCO1)OC1CCCCO1. The molecule has 176 valence electrons. The lowest BCUT2D eigenvalue weighted by molar-refractivity contribution is -0.194. The minimum atomic E-state index is -0.128. The number of carbonyl (C=O) groups excluding carboxylic acids is 1. The van der Waals surface area contributed by atoms with E-state index in [1.54, 1.807) is 0 Å². The molecular formula is C25H40O6. The number of hydrogen-bond donors (Lipinski definition) is 0. The summed E-state index contributed by atoms with van der Waals surface area (Å²) in [6.07, 6.45) is 16.5. The summed E-state index contributed by atoms with van der Waals surface area (Å²) in [5.41, 5.74) is 0. The number of hydrogen-bond acceptors (Lipinski definition) is 6. The van der Waals surface area contributed by atoms with E-state index in [2.05, 4.69) is 19.1 Å². The summed E-state index contributed by atoms with van der Waals surface area (Å²) in [6, 6.07) is 0. The second-order valence-electron chi connectivity index (χ2n) is 9.53. The Morgan fingerprint density at radius 3 is 2.55 bits per heavy atom. The van der Waals surface area contributed by atoms with Crippen molar-refractivity contribution in [1.82, 2.24) is 0 Å². The van der Waals surface area contributed by atoms with Gasteiger partial charge in [-0.25, -0.2) is 0 Å². The van der Waals surface area contributed by atoms with Crippen LogP contribution in [-0.2, 0) is 28.5 Å². The van der Waals surface area contributed by atoms with Crippen molar-refractivity contribution >= 4 is 5.97 Å². The van der Waals surface area contributed by atoms with Gasteiger partial charge in [0, 0.05) is 31.5 Å². The van der Waals surface area contributed by atoms with Crippen molar-refractivity contribution in [2.45, 2.75) is 115 Å². The average molecular weight is 437 g/mol. The van der Waals surface area contributed by atoms with E-state index in [1.165, 1.54) is 19.3 Å². The van der Waals surface area contributed by atoms with Crippen LogP contribution in [0.2, 0.25) is 0 Å². The lowest BCUT2D eigenvalue weighted by Gasteiger charge is -2.29. The molecule has 0 aromatic carbocycles. The van der Waals surface area contributed by atoms with Crippen LogP contribution >= 0.6 is 0 Å². The lowest BCUT2D eigenvalue weighted by atomic mass is 9.91. The highest BCUT2D eigenvalue weighted by atomic mass is 16.7. The molecule has 0 aromatic rings. The topological polar surface area (TPSA) is 63.2 Å². The molecule has 0 bridgehead atoms. The van der Waals surface area contributed by atoms with Gasteiger partial charge in [-0.2, -0.15) is 0 Å². The standard InChI is InChI=1S/C25H40O6/c1-2-3-4-9-18(29-24-10-5-7-14-27-24)12-13-19-20-16-23(26)30-22(20)17-21(19)31-25-11-6-8-15-28-25/h12-13,18-22,24-25H,2-11,14-17H2,1H3/t18?,19-,20-,21-,22+,24?,25?/m1/s1. The Hall–Kier alpha value is -0.950. The maximum Gasteiger partial charge on any atom is 0.306 e. The summed E-state index contributed by atoms with van der Waals surface area (Å²) >= 11 is 0. The van der Waals surface area contributed by atoms with Crippen LogP contribution in [-0.4, -0.2) is 50.1 Å². The van der Waals surface area contributed by atoms with E-state index in [0.29, 0.717) is 6.42 Å².